The number of hydrogen-bond acceptors (Lipinski definition) is 4. The van der Waals surface area contributed by atoms with Crippen LogP contribution in [0.25, 0.3) is 0 Å². The van der Waals surface area contributed by atoms with Crippen LogP contribution in [-0.4, -0.2) is 20.1 Å². The highest BCUT2D eigenvalue weighted by Gasteiger charge is 2.38. The molecule has 1 aliphatic carbocycles. The molecule has 0 radical (unpaired) electrons. The summed E-state index contributed by atoms with van der Waals surface area (Å²) in [5, 5.41) is 9.83. The van der Waals surface area contributed by atoms with Gasteiger partial charge < -0.3 is 5.11 Å². The maximum absolute atomic E-state index is 12.9. The van der Waals surface area contributed by atoms with Gasteiger partial charge in [-0.15, -0.1) is 11.3 Å². The van der Waals surface area contributed by atoms with Crippen molar-refractivity contribution in [1.82, 2.24) is 4.72 Å². The van der Waals surface area contributed by atoms with Crippen LogP contribution in [0, 0.1) is 13.8 Å². The van der Waals surface area contributed by atoms with Crippen LogP contribution in [0.3, 0.4) is 0 Å². The summed E-state index contributed by atoms with van der Waals surface area (Å²) in [4.78, 5) is 2.47. The normalized spacial score (nSPS) is 18.2. The average molecular weight is 394 g/mol. The molecule has 4 nitrogen and oxygen atoms in total. The Hall–Kier alpha value is -1.21. The van der Waals surface area contributed by atoms with E-state index in [2.05, 4.69) is 10.8 Å². The monoisotopic (exact) mass is 393 g/mol. The molecule has 26 heavy (non-hydrogen) atoms. The maximum atomic E-state index is 12.9. The van der Waals surface area contributed by atoms with Crippen LogP contribution >= 0.6 is 11.3 Å². The lowest BCUT2D eigenvalue weighted by Crippen LogP contribution is -2.38. The molecule has 0 spiro atoms. The number of aryl methyl sites for hydroxylation is 2. The topological polar surface area (TPSA) is 66.4 Å². The van der Waals surface area contributed by atoms with Crippen molar-refractivity contribution in [3.05, 3.63) is 51.2 Å². The second-order valence-electron chi connectivity index (χ2n) is 7.46. The summed E-state index contributed by atoms with van der Waals surface area (Å²) >= 11 is 1.60. The lowest BCUT2D eigenvalue weighted by molar-refractivity contribution is 0.203. The molecule has 142 valence electrons. The van der Waals surface area contributed by atoms with E-state index in [-0.39, 0.29) is 5.41 Å². The Balaban J connectivity index is 1.85. The number of thiophene rings is 1. The molecule has 0 bridgehead atoms. The van der Waals surface area contributed by atoms with Gasteiger partial charge in [0.05, 0.1) is 11.0 Å². The molecule has 0 unspecified atom stereocenters. The molecule has 0 aliphatic heterocycles. The van der Waals surface area contributed by atoms with Crippen LogP contribution in [0.1, 0.15) is 59.6 Å². The SMILES string of the molecule is Cc1ccc(C)c(S(=O)(=O)NCC2(c3ccc([C@@H](C)O)s3)CCCC2)c1. The molecule has 0 amide bonds. The van der Waals surface area contributed by atoms with Gasteiger partial charge in [-0.1, -0.05) is 25.0 Å². The maximum Gasteiger partial charge on any atom is 0.240 e. The fraction of sp³-hybridized carbons (Fsp3) is 0.500. The smallest absolute Gasteiger partial charge is 0.240 e. The summed E-state index contributed by atoms with van der Waals surface area (Å²) in [6, 6.07) is 9.53. The molecule has 1 aromatic carbocycles. The number of sulfonamides is 1. The number of aliphatic hydroxyl groups excluding tert-OH is 1. The Labute approximate surface area is 160 Å². The Kier molecular flexibility index (Phi) is 5.58. The predicted octanol–water partition coefficient (Wildman–Crippen LogP) is 4.21. The minimum Gasteiger partial charge on any atom is -0.388 e. The van der Waals surface area contributed by atoms with E-state index in [1.54, 1.807) is 24.3 Å². The molecule has 0 saturated heterocycles. The summed E-state index contributed by atoms with van der Waals surface area (Å²) in [6.07, 6.45) is 3.67. The summed E-state index contributed by atoms with van der Waals surface area (Å²) < 4.78 is 28.7. The third-order valence-corrected chi connectivity index (χ3v) is 8.40. The van der Waals surface area contributed by atoms with E-state index in [1.165, 1.54) is 4.88 Å². The van der Waals surface area contributed by atoms with E-state index in [1.807, 2.05) is 32.0 Å². The van der Waals surface area contributed by atoms with Gasteiger partial charge in [0.15, 0.2) is 0 Å². The second kappa shape index (κ2) is 7.43. The van der Waals surface area contributed by atoms with E-state index < -0.39 is 16.1 Å². The van der Waals surface area contributed by atoms with E-state index in [4.69, 9.17) is 0 Å². The van der Waals surface area contributed by atoms with Crippen molar-refractivity contribution in [3.63, 3.8) is 0 Å². The summed E-state index contributed by atoms with van der Waals surface area (Å²) in [7, 11) is -3.55. The van der Waals surface area contributed by atoms with E-state index in [0.29, 0.717) is 11.4 Å². The minimum absolute atomic E-state index is 0.164. The van der Waals surface area contributed by atoms with Crippen LogP contribution in [-0.2, 0) is 15.4 Å². The molecular weight excluding hydrogens is 366 g/mol. The first kappa shape index (κ1) is 19.5. The van der Waals surface area contributed by atoms with Crippen LogP contribution in [0.4, 0.5) is 0 Å². The van der Waals surface area contributed by atoms with Gasteiger partial charge in [0.2, 0.25) is 10.0 Å². The first-order valence-corrected chi connectivity index (χ1v) is 11.4. The van der Waals surface area contributed by atoms with Crippen molar-refractivity contribution >= 4 is 21.4 Å². The van der Waals surface area contributed by atoms with E-state index >= 15 is 0 Å². The zero-order chi connectivity index (χ0) is 18.9. The number of nitrogens with one attached hydrogen (secondary N) is 1. The highest BCUT2D eigenvalue weighted by atomic mass is 32.2. The fourth-order valence-corrected chi connectivity index (χ4v) is 6.38. The first-order chi connectivity index (χ1) is 12.2. The second-order valence-corrected chi connectivity index (χ2v) is 10.3. The quantitative estimate of drug-likeness (QED) is 0.773. The Morgan fingerprint density at radius 3 is 2.50 bits per heavy atom. The Bertz CT molecular complexity index is 878. The molecule has 1 fully saturated rings. The van der Waals surface area contributed by atoms with Gasteiger partial charge in [0.1, 0.15) is 0 Å². The third kappa shape index (κ3) is 3.88. The van der Waals surface area contributed by atoms with Crippen molar-refractivity contribution in [2.75, 3.05) is 6.54 Å². The molecule has 1 atom stereocenters. The van der Waals surface area contributed by atoms with Crippen molar-refractivity contribution < 1.29 is 13.5 Å². The fourth-order valence-electron chi connectivity index (χ4n) is 3.73. The Morgan fingerprint density at radius 1 is 1.19 bits per heavy atom. The van der Waals surface area contributed by atoms with Gasteiger partial charge >= 0.3 is 0 Å². The zero-order valence-corrected chi connectivity index (χ0v) is 17.2. The van der Waals surface area contributed by atoms with Gasteiger partial charge in [-0.05, 0) is 62.9 Å². The van der Waals surface area contributed by atoms with Crippen LogP contribution in [0.5, 0.6) is 0 Å². The molecule has 3 rings (SSSR count). The number of aliphatic hydroxyl groups is 1. The lowest BCUT2D eigenvalue weighted by atomic mass is 9.85. The molecule has 2 N–H and O–H groups in total. The van der Waals surface area contributed by atoms with Crippen molar-refractivity contribution in [2.24, 2.45) is 0 Å². The zero-order valence-electron chi connectivity index (χ0n) is 15.6. The summed E-state index contributed by atoms with van der Waals surface area (Å²) in [5.41, 5.74) is 1.53. The first-order valence-electron chi connectivity index (χ1n) is 9.09. The van der Waals surface area contributed by atoms with Crippen molar-refractivity contribution in [2.45, 2.75) is 62.9 Å². The summed E-state index contributed by atoms with van der Waals surface area (Å²) in [6.45, 7) is 5.90. The molecule has 1 saturated carbocycles. The Morgan fingerprint density at radius 2 is 1.88 bits per heavy atom. The van der Waals surface area contributed by atoms with Gasteiger partial charge in [-0.25, -0.2) is 13.1 Å². The molecule has 1 aromatic heterocycles. The van der Waals surface area contributed by atoms with E-state index in [0.717, 1.165) is 41.7 Å². The molecular formula is C20H27NO3S2. The molecule has 1 aliphatic rings. The van der Waals surface area contributed by atoms with Crippen molar-refractivity contribution in [1.29, 1.82) is 0 Å². The lowest BCUT2D eigenvalue weighted by Gasteiger charge is -2.28. The summed E-state index contributed by atoms with van der Waals surface area (Å²) in [5.74, 6) is 0. The van der Waals surface area contributed by atoms with Crippen LogP contribution in [0.15, 0.2) is 35.2 Å². The average Bonchev–Trinajstić information content (AvgIpc) is 3.25. The standard InChI is InChI=1S/C20H27NO3S2/c1-14-6-7-15(2)18(12-14)26(23,24)21-13-20(10-4-5-11-20)19-9-8-17(25-19)16(3)22/h6-9,12,16,21-22H,4-5,10-11,13H2,1-3H3/t16-/m1/s1. The number of hydrogen-bond donors (Lipinski definition) is 2. The highest BCUT2D eigenvalue weighted by molar-refractivity contribution is 7.89. The number of rotatable bonds is 6. The molecule has 1 heterocycles. The van der Waals surface area contributed by atoms with Gasteiger partial charge in [-0.2, -0.15) is 0 Å². The van der Waals surface area contributed by atoms with Gasteiger partial charge in [0.25, 0.3) is 0 Å². The van der Waals surface area contributed by atoms with Crippen LogP contribution in [0.2, 0.25) is 0 Å². The van der Waals surface area contributed by atoms with E-state index in [9.17, 15) is 13.5 Å². The largest absolute Gasteiger partial charge is 0.388 e. The molecule has 2 aromatic rings. The van der Waals surface area contributed by atoms with Crippen LogP contribution < -0.4 is 4.72 Å². The van der Waals surface area contributed by atoms with Gasteiger partial charge in [-0.3, -0.25) is 0 Å². The number of benzene rings is 1. The predicted molar refractivity (Wildman–Crippen MR) is 106 cm³/mol. The molecule has 6 heteroatoms. The third-order valence-electron chi connectivity index (χ3n) is 5.36. The van der Waals surface area contributed by atoms with Gasteiger partial charge in [0, 0.05) is 21.7 Å². The highest BCUT2D eigenvalue weighted by Crippen LogP contribution is 2.44. The minimum atomic E-state index is -3.55. The van der Waals surface area contributed by atoms with Crippen molar-refractivity contribution in [3.8, 4) is 0 Å².